The number of nitrogens with zero attached hydrogens (tertiary/aromatic N) is 3. The summed E-state index contributed by atoms with van der Waals surface area (Å²) in [7, 11) is 0. The van der Waals surface area contributed by atoms with E-state index < -0.39 is 5.56 Å². The standard InChI is InChI=1S/C14H20ClN5O/c1-8(17-11-6-16-18-13(21)12(11)15)10-7-20(14(3,4)5)19-9(10)2/h6-8H,1-5H3,(H2,17,18,21). The fourth-order valence-electron chi connectivity index (χ4n) is 2.04. The van der Waals surface area contributed by atoms with Gasteiger partial charge in [-0.15, -0.1) is 0 Å². The summed E-state index contributed by atoms with van der Waals surface area (Å²) < 4.78 is 1.94. The molecule has 0 saturated heterocycles. The number of halogens is 1. The molecule has 2 N–H and O–H groups in total. The molecule has 0 aromatic carbocycles. The number of aryl methyl sites for hydroxylation is 1. The molecule has 2 aromatic heterocycles. The minimum absolute atomic E-state index is 0.0396. The Morgan fingerprint density at radius 1 is 1.43 bits per heavy atom. The lowest BCUT2D eigenvalue weighted by Crippen LogP contribution is -2.22. The van der Waals surface area contributed by atoms with Crippen LogP contribution in [0.15, 0.2) is 17.2 Å². The van der Waals surface area contributed by atoms with Gasteiger partial charge in [0.2, 0.25) is 0 Å². The van der Waals surface area contributed by atoms with Gasteiger partial charge in [0.15, 0.2) is 0 Å². The van der Waals surface area contributed by atoms with E-state index in [2.05, 4.69) is 41.4 Å². The molecule has 0 aliphatic carbocycles. The van der Waals surface area contributed by atoms with Crippen molar-refractivity contribution < 1.29 is 0 Å². The van der Waals surface area contributed by atoms with Gasteiger partial charge in [-0.3, -0.25) is 9.48 Å². The van der Waals surface area contributed by atoms with Crippen molar-refractivity contribution in [3.63, 3.8) is 0 Å². The molecule has 0 aliphatic rings. The highest BCUT2D eigenvalue weighted by Gasteiger charge is 2.19. The molecule has 2 rings (SSSR count). The van der Waals surface area contributed by atoms with E-state index in [1.54, 1.807) is 0 Å². The molecule has 0 saturated carbocycles. The SMILES string of the molecule is Cc1nn(C(C)(C)C)cc1C(C)Nc1cn[nH]c(=O)c1Cl. The van der Waals surface area contributed by atoms with Gasteiger partial charge in [0, 0.05) is 11.8 Å². The first-order valence-corrected chi connectivity index (χ1v) is 7.14. The van der Waals surface area contributed by atoms with E-state index in [-0.39, 0.29) is 16.6 Å². The molecule has 1 unspecified atom stereocenters. The Kier molecular flexibility index (Phi) is 4.09. The molecule has 0 amide bonds. The van der Waals surface area contributed by atoms with Gasteiger partial charge in [0.25, 0.3) is 5.56 Å². The maximum absolute atomic E-state index is 11.5. The molecule has 0 aliphatic heterocycles. The number of nitrogens with one attached hydrogen (secondary N) is 2. The molecule has 0 fully saturated rings. The normalized spacial score (nSPS) is 13.2. The van der Waals surface area contributed by atoms with Gasteiger partial charge in [-0.25, -0.2) is 5.10 Å². The predicted molar refractivity (Wildman–Crippen MR) is 83.9 cm³/mol. The highest BCUT2D eigenvalue weighted by Crippen LogP contribution is 2.25. The zero-order valence-electron chi connectivity index (χ0n) is 12.9. The Morgan fingerprint density at radius 3 is 2.67 bits per heavy atom. The van der Waals surface area contributed by atoms with Crippen molar-refractivity contribution in [2.24, 2.45) is 0 Å². The summed E-state index contributed by atoms with van der Waals surface area (Å²) in [5, 5.41) is 13.9. The number of aromatic nitrogens is 4. The first-order valence-electron chi connectivity index (χ1n) is 6.76. The van der Waals surface area contributed by atoms with E-state index in [1.807, 2.05) is 24.7 Å². The topological polar surface area (TPSA) is 75.6 Å². The van der Waals surface area contributed by atoms with Crippen molar-refractivity contribution >= 4 is 17.3 Å². The van der Waals surface area contributed by atoms with E-state index >= 15 is 0 Å². The third-order valence-electron chi connectivity index (χ3n) is 3.26. The van der Waals surface area contributed by atoms with Crippen LogP contribution >= 0.6 is 11.6 Å². The highest BCUT2D eigenvalue weighted by atomic mass is 35.5. The van der Waals surface area contributed by atoms with Crippen molar-refractivity contribution in [3.05, 3.63) is 39.0 Å². The lowest BCUT2D eigenvalue weighted by Gasteiger charge is -2.19. The summed E-state index contributed by atoms with van der Waals surface area (Å²) in [5.41, 5.74) is 2.03. The summed E-state index contributed by atoms with van der Waals surface area (Å²) in [6.45, 7) is 10.2. The largest absolute Gasteiger partial charge is 0.376 e. The quantitative estimate of drug-likeness (QED) is 0.914. The molecular weight excluding hydrogens is 290 g/mol. The smallest absolute Gasteiger partial charge is 0.285 e. The van der Waals surface area contributed by atoms with Crippen LogP contribution in [0.25, 0.3) is 0 Å². The second-order valence-electron chi connectivity index (χ2n) is 6.08. The number of hydrogen-bond donors (Lipinski definition) is 2. The minimum atomic E-state index is -0.407. The van der Waals surface area contributed by atoms with Crippen LogP contribution < -0.4 is 10.9 Å². The highest BCUT2D eigenvalue weighted by molar-refractivity contribution is 6.32. The van der Waals surface area contributed by atoms with Crippen molar-refractivity contribution in [1.82, 2.24) is 20.0 Å². The zero-order chi connectivity index (χ0) is 15.8. The molecule has 0 radical (unpaired) electrons. The Morgan fingerprint density at radius 2 is 2.10 bits per heavy atom. The number of H-pyrrole nitrogens is 1. The van der Waals surface area contributed by atoms with Crippen LogP contribution in [-0.4, -0.2) is 20.0 Å². The van der Waals surface area contributed by atoms with Crippen LogP contribution in [0.1, 0.15) is 45.0 Å². The Bertz CT molecular complexity index is 698. The lowest BCUT2D eigenvalue weighted by atomic mass is 10.1. The van der Waals surface area contributed by atoms with Crippen molar-refractivity contribution in [1.29, 1.82) is 0 Å². The first kappa shape index (κ1) is 15.6. The predicted octanol–water partition coefficient (Wildman–Crippen LogP) is 2.86. The monoisotopic (exact) mass is 309 g/mol. The van der Waals surface area contributed by atoms with Crippen molar-refractivity contribution in [3.8, 4) is 0 Å². The lowest BCUT2D eigenvalue weighted by molar-refractivity contribution is 0.354. The molecule has 2 heterocycles. The second-order valence-corrected chi connectivity index (χ2v) is 6.46. The summed E-state index contributed by atoms with van der Waals surface area (Å²) in [6.07, 6.45) is 3.52. The number of aromatic amines is 1. The van der Waals surface area contributed by atoms with E-state index in [1.165, 1.54) is 6.20 Å². The fraction of sp³-hybridized carbons (Fsp3) is 0.500. The third-order valence-corrected chi connectivity index (χ3v) is 3.63. The minimum Gasteiger partial charge on any atom is -0.376 e. The molecule has 114 valence electrons. The van der Waals surface area contributed by atoms with Crippen LogP contribution in [0.4, 0.5) is 5.69 Å². The van der Waals surface area contributed by atoms with Gasteiger partial charge in [0.05, 0.1) is 29.2 Å². The zero-order valence-corrected chi connectivity index (χ0v) is 13.6. The Labute approximate surface area is 128 Å². The first-order chi connectivity index (χ1) is 9.70. The number of anilines is 1. The molecule has 7 heteroatoms. The van der Waals surface area contributed by atoms with Gasteiger partial charge in [-0.2, -0.15) is 10.2 Å². The van der Waals surface area contributed by atoms with Crippen molar-refractivity contribution in [2.45, 2.75) is 46.2 Å². The molecule has 0 spiro atoms. The molecule has 1 atom stereocenters. The van der Waals surface area contributed by atoms with Gasteiger partial charge in [-0.05, 0) is 34.6 Å². The Balaban J connectivity index is 2.29. The average molecular weight is 310 g/mol. The van der Waals surface area contributed by atoms with E-state index in [0.717, 1.165) is 11.3 Å². The molecular formula is C14H20ClN5O. The summed E-state index contributed by atoms with van der Waals surface area (Å²) in [4.78, 5) is 11.5. The van der Waals surface area contributed by atoms with E-state index in [4.69, 9.17) is 11.6 Å². The van der Waals surface area contributed by atoms with Gasteiger partial charge >= 0.3 is 0 Å². The van der Waals surface area contributed by atoms with Gasteiger partial charge < -0.3 is 5.32 Å². The third kappa shape index (κ3) is 3.26. The fourth-order valence-corrected chi connectivity index (χ4v) is 2.18. The molecule has 6 nitrogen and oxygen atoms in total. The van der Waals surface area contributed by atoms with Crippen LogP contribution in [0.3, 0.4) is 0 Å². The van der Waals surface area contributed by atoms with Crippen LogP contribution in [0.5, 0.6) is 0 Å². The molecule has 0 bridgehead atoms. The summed E-state index contributed by atoms with van der Waals surface area (Å²) in [6, 6.07) is -0.0396. The maximum Gasteiger partial charge on any atom is 0.285 e. The summed E-state index contributed by atoms with van der Waals surface area (Å²) >= 11 is 5.98. The van der Waals surface area contributed by atoms with Crippen LogP contribution in [-0.2, 0) is 5.54 Å². The number of hydrogen-bond acceptors (Lipinski definition) is 4. The van der Waals surface area contributed by atoms with Gasteiger partial charge in [-0.1, -0.05) is 11.6 Å². The maximum atomic E-state index is 11.5. The second kappa shape index (κ2) is 5.52. The van der Waals surface area contributed by atoms with Gasteiger partial charge in [0.1, 0.15) is 5.02 Å². The van der Waals surface area contributed by atoms with E-state index in [9.17, 15) is 4.79 Å². The molecule has 2 aromatic rings. The van der Waals surface area contributed by atoms with Crippen LogP contribution in [0, 0.1) is 6.92 Å². The summed E-state index contributed by atoms with van der Waals surface area (Å²) in [5.74, 6) is 0. The van der Waals surface area contributed by atoms with E-state index in [0.29, 0.717) is 5.69 Å². The van der Waals surface area contributed by atoms with Crippen molar-refractivity contribution in [2.75, 3.05) is 5.32 Å². The van der Waals surface area contributed by atoms with Crippen LogP contribution in [0.2, 0.25) is 5.02 Å². The average Bonchev–Trinajstić information content (AvgIpc) is 2.77. The number of rotatable bonds is 3. The Hall–Kier alpha value is -1.82. The molecule has 21 heavy (non-hydrogen) atoms.